The lowest BCUT2D eigenvalue weighted by atomic mass is 10.3. The summed E-state index contributed by atoms with van der Waals surface area (Å²) in [6.07, 6.45) is 0.644. The summed E-state index contributed by atoms with van der Waals surface area (Å²) < 4.78 is 7.03. The van der Waals surface area contributed by atoms with E-state index in [0.717, 1.165) is 11.0 Å². The molecule has 0 fully saturated rings. The lowest BCUT2D eigenvalue weighted by Gasteiger charge is -2.03. The number of aryl methyl sites for hydroxylation is 3. The molecule has 2 aromatic heterocycles. The first-order valence-corrected chi connectivity index (χ1v) is 5.74. The third kappa shape index (κ3) is 1.81. The minimum Gasteiger partial charge on any atom is -0.369 e. The van der Waals surface area contributed by atoms with Gasteiger partial charge < -0.3 is 14.8 Å². The van der Waals surface area contributed by atoms with E-state index < -0.39 is 0 Å². The predicted octanol–water partition coefficient (Wildman–Crippen LogP) is 1.55. The van der Waals surface area contributed by atoms with Crippen molar-refractivity contribution in [3.63, 3.8) is 0 Å². The second-order valence-corrected chi connectivity index (χ2v) is 4.10. The second kappa shape index (κ2) is 4.14. The van der Waals surface area contributed by atoms with Crippen molar-refractivity contribution in [1.82, 2.24) is 19.7 Å². The normalized spacial score (nSPS) is 11.2. The van der Waals surface area contributed by atoms with Gasteiger partial charge in [-0.2, -0.15) is 4.98 Å². The summed E-state index contributed by atoms with van der Waals surface area (Å²) in [6.45, 7) is 2.47. The van der Waals surface area contributed by atoms with Crippen molar-refractivity contribution < 1.29 is 4.52 Å². The van der Waals surface area contributed by atoms with E-state index in [1.165, 1.54) is 0 Å². The van der Waals surface area contributed by atoms with Gasteiger partial charge in [-0.05, 0) is 19.1 Å². The van der Waals surface area contributed by atoms with Gasteiger partial charge in [0, 0.05) is 13.0 Å². The van der Waals surface area contributed by atoms with Crippen LogP contribution in [0.4, 0.5) is 5.95 Å². The van der Waals surface area contributed by atoms with E-state index in [0.29, 0.717) is 30.6 Å². The van der Waals surface area contributed by atoms with E-state index >= 15 is 0 Å². The molecule has 92 valence electrons. The molecule has 18 heavy (non-hydrogen) atoms. The SMILES string of the molecule is Cc1noc(CCn2c(N)nc3ccccc32)n1. The maximum absolute atomic E-state index is 5.91. The van der Waals surface area contributed by atoms with Gasteiger partial charge in [0.2, 0.25) is 11.8 Å². The van der Waals surface area contributed by atoms with Gasteiger partial charge in [0.1, 0.15) is 0 Å². The minimum absolute atomic E-state index is 0.507. The van der Waals surface area contributed by atoms with Crippen LogP contribution in [0, 0.1) is 6.92 Å². The molecule has 2 heterocycles. The van der Waals surface area contributed by atoms with Crippen LogP contribution in [0.15, 0.2) is 28.8 Å². The molecule has 3 rings (SSSR count). The average Bonchev–Trinajstić information content (AvgIpc) is 2.90. The Morgan fingerprint density at radius 2 is 2.11 bits per heavy atom. The summed E-state index contributed by atoms with van der Waals surface area (Å²) in [5.41, 5.74) is 7.83. The maximum atomic E-state index is 5.91. The number of para-hydroxylation sites is 2. The van der Waals surface area contributed by atoms with E-state index in [9.17, 15) is 0 Å². The zero-order valence-corrected chi connectivity index (χ0v) is 10.00. The molecule has 0 saturated carbocycles. The molecule has 0 amide bonds. The molecule has 0 unspecified atom stereocenters. The number of benzene rings is 1. The number of hydrogen-bond donors (Lipinski definition) is 1. The van der Waals surface area contributed by atoms with E-state index in [-0.39, 0.29) is 0 Å². The molecule has 0 atom stereocenters. The molecule has 0 aliphatic rings. The number of nitrogen functional groups attached to an aromatic ring is 1. The van der Waals surface area contributed by atoms with Crippen LogP contribution >= 0.6 is 0 Å². The van der Waals surface area contributed by atoms with E-state index in [4.69, 9.17) is 10.3 Å². The van der Waals surface area contributed by atoms with Crippen LogP contribution in [0.25, 0.3) is 11.0 Å². The molecule has 0 aliphatic carbocycles. The Bertz CT molecular complexity index is 685. The van der Waals surface area contributed by atoms with Gasteiger partial charge in [-0.15, -0.1) is 0 Å². The summed E-state index contributed by atoms with van der Waals surface area (Å²) in [5, 5.41) is 3.76. The zero-order chi connectivity index (χ0) is 12.5. The predicted molar refractivity (Wildman–Crippen MR) is 66.9 cm³/mol. The topological polar surface area (TPSA) is 82.8 Å². The lowest BCUT2D eigenvalue weighted by molar-refractivity contribution is 0.369. The highest BCUT2D eigenvalue weighted by atomic mass is 16.5. The zero-order valence-electron chi connectivity index (χ0n) is 10.00. The second-order valence-electron chi connectivity index (χ2n) is 4.10. The van der Waals surface area contributed by atoms with E-state index in [2.05, 4.69) is 15.1 Å². The van der Waals surface area contributed by atoms with Crippen molar-refractivity contribution in [1.29, 1.82) is 0 Å². The average molecular weight is 243 g/mol. The number of aromatic nitrogens is 4. The number of rotatable bonds is 3. The third-order valence-corrected chi connectivity index (χ3v) is 2.80. The van der Waals surface area contributed by atoms with Crippen LogP contribution in [0.3, 0.4) is 0 Å². The van der Waals surface area contributed by atoms with Crippen molar-refractivity contribution in [2.45, 2.75) is 19.9 Å². The maximum Gasteiger partial charge on any atom is 0.228 e. The van der Waals surface area contributed by atoms with Crippen LogP contribution in [0.2, 0.25) is 0 Å². The van der Waals surface area contributed by atoms with Crippen molar-refractivity contribution in [2.24, 2.45) is 0 Å². The molecular weight excluding hydrogens is 230 g/mol. The molecule has 0 radical (unpaired) electrons. The molecule has 6 nitrogen and oxygen atoms in total. The van der Waals surface area contributed by atoms with E-state index in [1.54, 1.807) is 6.92 Å². The number of imidazole rings is 1. The Labute approximate surface area is 103 Å². The van der Waals surface area contributed by atoms with Crippen LogP contribution in [0.1, 0.15) is 11.7 Å². The Morgan fingerprint density at radius 3 is 2.89 bits per heavy atom. The van der Waals surface area contributed by atoms with Crippen LogP contribution in [0.5, 0.6) is 0 Å². The van der Waals surface area contributed by atoms with Crippen molar-refractivity contribution >= 4 is 17.0 Å². The van der Waals surface area contributed by atoms with Gasteiger partial charge >= 0.3 is 0 Å². The number of anilines is 1. The Kier molecular flexibility index (Phi) is 2.47. The van der Waals surface area contributed by atoms with Crippen LogP contribution in [-0.4, -0.2) is 19.7 Å². The highest BCUT2D eigenvalue weighted by molar-refractivity contribution is 5.78. The minimum atomic E-state index is 0.507. The van der Waals surface area contributed by atoms with Gasteiger partial charge in [-0.25, -0.2) is 4.98 Å². The number of nitrogens with zero attached hydrogens (tertiary/aromatic N) is 4. The molecule has 0 aliphatic heterocycles. The smallest absolute Gasteiger partial charge is 0.228 e. The fourth-order valence-electron chi connectivity index (χ4n) is 1.98. The largest absolute Gasteiger partial charge is 0.369 e. The first-order chi connectivity index (χ1) is 8.74. The number of nitrogens with two attached hydrogens (primary N) is 1. The van der Waals surface area contributed by atoms with Crippen molar-refractivity contribution in [2.75, 3.05) is 5.73 Å². The number of fused-ring (bicyclic) bond motifs is 1. The first kappa shape index (κ1) is 10.8. The Morgan fingerprint density at radius 1 is 1.28 bits per heavy atom. The molecule has 1 aromatic carbocycles. The highest BCUT2D eigenvalue weighted by Gasteiger charge is 2.09. The summed E-state index contributed by atoms with van der Waals surface area (Å²) in [4.78, 5) is 8.47. The molecule has 0 saturated heterocycles. The monoisotopic (exact) mass is 243 g/mol. The summed E-state index contributed by atoms with van der Waals surface area (Å²) in [7, 11) is 0. The molecule has 3 aromatic rings. The highest BCUT2D eigenvalue weighted by Crippen LogP contribution is 2.17. The van der Waals surface area contributed by atoms with Crippen molar-refractivity contribution in [3.05, 3.63) is 36.0 Å². The first-order valence-electron chi connectivity index (χ1n) is 5.74. The van der Waals surface area contributed by atoms with Gasteiger partial charge in [0.05, 0.1) is 11.0 Å². The molecular formula is C12H13N5O. The Hall–Kier alpha value is -2.37. The molecule has 0 spiro atoms. The molecule has 0 bridgehead atoms. The summed E-state index contributed by atoms with van der Waals surface area (Å²) >= 11 is 0. The van der Waals surface area contributed by atoms with Gasteiger partial charge in [0.15, 0.2) is 5.82 Å². The van der Waals surface area contributed by atoms with Crippen molar-refractivity contribution in [3.8, 4) is 0 Å². The fourth-order valence-corrected chi connectivity index (χ4v) is 1.98. The fraction of sp³-hybridized carbons (Fsp3) is 0.250. The lowest BCUT2D eigenvalue weighted by Crippen LogP contribution is -2.05. The summed E-state index contributed by atoms with van der Waals surface area (Å²) in [5.74, 6) is 1.77. The summed E-state index contributed by atoms with van der Waals surface area (Å²) in [6, 6.07) is 7.86. The van der Waals surface area contributed by atoms with Gasteiger partial charge in [0.25, 0.3) is 0 Å². The number of hydrogen-bond acceptors (Lipinski definition) is 5. The standard InChI is InChI=1S/C12H13N5O/c1-8-14-11(18-16-8)6-7-17-10-5-3-2-4-9(10)15-12(17)13/h2-5H,6-7H2,1H3,(H2,13,15). The van der Waals surface area contributed by atoms with Gasteiger partial charge in [-0.1, -0.05) is 17.3 Å². The Balaban J connectivity index is 1.88. The third-order valence-electron chi connectivity index (χ3n) is 2.80. The molecule has 6 heteroatoms. The van der Waals surface area contributed by atoms with Crippen LogP contribution < -0.4 is 5.73 Å². The van der Waals surface area contributed by atoms with Crippen LogP contribution in [-0.2, 0) is 13.0 Å². The van der Waals surface area contributed by atoms with E-state index in [1.807, 2.05) is 28.8 Å². The van der Waals surface area contributed by atoms with Gasteiger partial charge in [-0.3, -0.25) is 0 Å². The quantitative estimate of drug-likeness (QED) is 0.754. The molecule has 2 N–H and O–H groups in total.